The summed E-state index contributed by atoms with van der Waals surface area (Å²) in [5.74, 6) is -15.0. The van der Waals surface area contributed by atoms with E-state index < -0.39 is 135 Å². The van der Waals surface area contributed by atoms with Gasteiger partial charge in [-0.15, -0.1) is 0 Å². The van der Waals surface area contributed by atoms with Crippen LogP contribution in [0, 0.1) is 0 Å². The summed E-state index contributed by atoms with van der Waals surface area (Å²) in [6, 6.07) is -9.46. The summed E-state index contributed by atoms with van der Waals surface area (Å²) in [6.45, 7) is 0. The zero-order chi connectivity index (χ0) is 33.4. The van der Waals surface area contributed by atoms with Crippen LogP contribution in [0.15, 0.2) is 0 Å². The summed E-state index contributed by atoms with van der Waals surface area (Å²) < 4.78 is 0. The fraction of sp³-hybridized carbons (Fsp3) is 0.545. The largest absolute Gasteiger partial charge is 0.481 e. The first-order chi connectivity index (χ1) is 19.8. The number of hydrogen-bond acceptors (Lipinski definition) is 11. The maximum Gasteiger partial charge on any atom is 0.326 e. The molecule has 5 atom stereocenters. The quantitative estimate of drug-likeness (QED) is 0.0575. The van der Waals surface area contributed by atoms with Crippen LogP contribution >= 0.6 is 0 Å². The van der Waals surface area contributed by atoms with E-state index in [0.717, 1.165) is 0 Å². The molecule has 12 N–H and O–H groups in total. The third-order valence-electron chi connectivity index (χ3n) is 5.30. The van der Waals surface area contributed by atoms with Crippen LogP contribution in [0.3, 0.4) is 0 Å². The molecule has 0 aromatic heterocycles. The average Bonchev–Trinajstić information content (AvgIpc) is 2.86. The van der Waals surface area contributed by atoms with Gasteiger partial charge in [0.2, 0.25) is 23.6 Å². The molecule has 0 aliphatic carbocycles. The van der Waals surface area contributed by atoms with Crippen molar-refractivity contribution in [3.05, 3.63) is 0 Å². The van der Waals surface area contributed by atoms with Crippen LogP contribution in [0.1, 0.15) is 44.9 Å². The van der Waals surface area contributed by atoms with Gasteiger partial charge in [0, 0.05) is 12.8 Å². The van der Waals surface area contributed by atoms with Crippen molar-refractivity contribution >= 4 is 59.4 Å². The van der Waals surface area contributed by atoms with Gasteiger partial charge in [-0.3, -0.25) is 43.2 Å². The first-order valence-corrected chi connectivity index (χ1v) is 12.1. The molecule has 21 heteroatoms. The Labute approximate surface area is 240 Å². The van der Waals surface area contributed by atoms with Crippen molar-refractivity contribution in [3.8, 4) is 0 Å². The second-order valence-electron chi connectivity index (χ2n) is 8.85. The molecule has 240 valence electrons. The van der Waals surface area contributed by atoms with E-state index in [1.165, 1.54) is 0 Å². The second-order valence-corrected chi connectivity index (χ2v) is 8.85. The van der Waals surface area contributed by atoms with E-state index >= 15 is 0 Å². The highest BCUT2D eigenvalue weighted by atomic mass is 16.4. The SMILES string of the molecule is N[C@@H](CCC(=O)O)C(=O)N[C@@H](CC(=O)O)C(=O)N[C@@H](CC(=O)O)C(=O)N[C@@H](CC(=O)O)C(=O)N[C@@H](CCC(=O)O)C(=O)O. The summed E-state index contributed by atoms with van der Waals surface area (Å²) in [6.07, 6.45) is -5.79. The lowest BCUT2D eigenvalue weighted by Crippen LogP contribution is -2.59. The van der Waals surface area contributed by atoms with E-state index in [-0.39, 0.29) is 0 Å². The molecule has 0 saturated heterocycles. The van der Waals surface area contributed by atoms with Crippen molar-refractivity contribution in [1.29, 1.82) is 0 Å². The molecular formula is C22H31N5O16. The van der Waals surface area contributed by atoms with Gasteiger partial charge in [0.25, 0.3) is 0 Å². The molecule has 0 aromatic carbocycles. The molecule has 0 aromatic rings. The Bertz CT molecular complexity index is 1120. The molecule has 0 rings (SSSR count). The molecule has 0 unspecified atom stereocenters. The van der Waals surface area contributed by atoms with Gasteiger partial charge in [0.15, 0.2) is 0 Å². The molecule has 0 radical (unpaired) electrons. The van der Waals surface area contributed by atoms with Crippen molar-refractivity contribution in [1.82, 2.24) is 21.3 Å². The van der Waals surface area contributed by atoms with E-state index in [4.69, 9.17) is 26.2 Å². The molecule has 0 fully saturated rings. The molecule has 43 heavy (non-hydrogen) atoms. The number of aliphatic carboxylic acids is 6. The second kappa shape index (κ2) is 18.2. The highest BCUT2D eigenvalue weighted by Gasteiger charge is 2.34. The fourth-order valence-corrected chi connectivity index (χ4v) is 3.18. The number of nitrogens with one attached hydrogen (secondary N) is 4. The summed E-state index contributed by atoms with van der Waals surface area (Å²) in [5, 5.41) is 61.5. The van der Waals surface area contributed by atoms with Crippen LogP contribution in [-0.4, -0.2) is 120 Å². The van der Waals surface area contributed by atoms with Crippen LogP contribution in [0.25, 0.3) is 0 Å². The third kappa shape index (κ3) is 15.9. The van der Waals surface area contributed by atoms with Gasteiger partial charge < -0.3 is 57.6 Å². The molecule has 0 saturated carbocycles. The van der Waals surface area contributed by atoms with Crippen molar-refractivity contribution in [2.45, 2.75) is 75.2 Å². The Morgan fingerprint density at radius 1 is 0.442 bits per heavy atom. The Morgan fingerprint density at radius 2 is 0.744 bits per heavy atom. The molecular weight excluding hydrogens is 590 g/mol. The van der Waals surface area contributed by atoms with Crippen LogP contribution in [0.5, 0.6) is 0 Å². The van der Waals surface area contributed by atoms with E-state index in [9.17, 15) is 58.2 Å². The lowest BCUT2D eigenvalue weighted by molar-refractivity contribution is -0.145. The minimum atomic E-state index is -2.11. The van der Waals surface area contributed by atoms with Gasteiger partial charge >= 0.3 is 35.8 Å². The number of carboxylic acids is 6. The Hall–Kier alpha value is -5.34. The van der Waals surface area contributed by atoms with Crippen molar-refractivity contribution in [2.75, 3.05) is 0 Å². The standard InChI is InChI=1S/C22H31N5O16/c23-8(1-3-13(28)29)18(38)25-10(5-15(32)33)20(40)27-12(7-17(36)37)21(41)26-11(6-16(34)35)19(39)24-9(22(42)43)2-4-14(30)31/h8-12H,1-7,23H2,(H,24,39)(H,25,38)(H,26,41)(H,27,40)(H,28,29)(H,30,31)(H,32,33)(H,34,35)(H,36,37)(H,42,43)/t8-,9-,10-,11-,12-/m0/s1. The highest BCUT2D eigenvalue weighted by molar-refractivity contribution is 5.98. The lowest BCUT2D eigenvalue weighted by Gasteiger charge is -2.25. The number of carbonyl (C=O) groups is 10. The number of carbonyl (C=O) groups excluding carboxylic acids is 4. The predicted octanol–water partition coefficient (Wildman–Crippen LogP) is -4.51. The van der Waals surface area contributed by atoms with Crippen LogP contribution in [0.4, 0.5) is 0 Å². The molecule has 0 bridgehead atoms. The van der Waals surface area contributed by atoms with Gasteiger partial charge in [-0.1, -0.05) is 0 Å². The normalized spacial score (nSPS) is 14.0. The Kier molecular flexibility index (Phi) is 15.9. The van der Waals surface area contributed by atoms with Crippen LogP contribution in [-0.2, 0) is 47.9 Å². The number of carboxylic acid groups (broad SMARTS) is 6. The van der Waals surface area contributed by atoms with Crippen LogP contribution < -0.4 is 27.0 Å². The summed E-state index contributed by atoms with van der Waals surface area (Å²) in [5.41, 5.74) is 5.52. The Morgan fingerprint density at radius 3 is 1.05 bits per heavy atom. The minimum absolute atomic E-state index is 0.404. The molecule has 0 heterocycles. The topological polar surface area (TPSA) is 366 Å². The smallest absolute Gasteiger partial charge is 0.326 e. The van der Waals surface area contributed by atoms with Gasteiger partial charge in [-0.25, -0.2) is 4.79 Å². The minimum Gasteiger partial charge on any atom is -0.481 e. The third-order valence-corrected chi connectivity index (χ3v) is 5.30. The highest BCUT2D eigenvalue weighted by Crippen LogP contribution is 2.05. The number of rotatable bonds is 21. The van der Waals surface area contributed by atoms with Crippen molar-refractivity contribution in [2.24, 2.45) is 5.73 Å². The summed E-state index contributed by atoms with van der Waals surface area (Å²) >= 11 is 0. The predicted molar refractivity (Wildman–Crippen MR) is 134 cm³/mol. The fourth-order valence-electron chi connectivity index (χ4n) is 3.18. The van der Waals surface area contributed by atoms with Crippen LogP contribution in [0.2, 0.25) is 0 Å². The average molecular weight is 622 g/mol. The van der Waals surface area contributed by atoms with Gasteiger partial charge in [-0.05, 0) is 12.8 Å². The molecule has 0 spiro atoms. The first kappa shape index (κ1) is 37.7. The first-order valence-electron chi connectivity index (χ1n) is 12.1. The molecule has 21 nitrogen and oxygen atoms in total. The van der Waals surface area contributed by atoms with E-state index in [0.29, 0.717) is 0 Å². The Balaban J connectivity index is 5.89. The number of hydrogen-bond donors (Lipinski definition) is 11. The van der Waals surface area contributed by atoms with E-state index in [2.05, 4.69) is 0 Å². The molecule has 0 aliphatic rings. The van der Waals surface area contributed by atoms with Crippen molar-refractivity contribution in [3.63, 3.8) is 0 Å². The summed E-state index contributed by atoms with van der Waals surface area (Å²) in [7, 11) is 0. The zero-order valence-corrected chi connectivity index (χ0v) is 22.2. The van der Waals surface area contributed by atoms with Gasteiger partial charge in [0.1, 0.15) is 24.2 Å². The van der Waals surface area contributed by atoms with E-state index in [1.807, 2.05) is 21.3 Å². The zero-order valence-electron chi connectivity index (χ0n) is 22.2. The van der Waals surface area contributed by atoms with Gasteiger partial charge in [-0.2, -0.15) is 0 Å². The monoisotopic (exact) mass is 621 g/mol. The molecule has 0 aliphatic heterocycles. The maximum atomic E-state index is 12.8. The maximum absolute atomic E-state index is 12.8. The van der Waals surface area contributed by atoms with E-state index in [1.54, 1.807) is 0 Å². The number of amides is 4. The molecule has 4 amide bonds. The summed E-state index contributed by atoms with van der Waals surface area (Å²) in [4.78, 5) is 117. The lowest BCUT2D eigenvalue weighted by atomic mass is 10.1. The number of nitrogens with two attached hydrogens (primary N) is 1. The van der Waals surface area contributed by atoms with Gasteiger partial charge in [0.05, 0.1) is 25.3 Å². The van der Waals surface area contributed by atoms with Crippen molar-refractivity contribution < 1.29 is 78.6 Å².